The van der Waals surface area contributed by atoms with E-state index in [2.05, 4.69) is 34.6 Å². The van der Waals surface area contributed by atoms with Crippen LogP contribution >= 0.6 is 0 Å². The van der Waals surface area contributed by atoms with Gasteiger partial charge in [-0.15, -0.1) is 0 Å². The molecule has 0 aliphatic rings. The molecule has 1 aromatic heterocycles. The van der Waals surface area contributed by atoms with Crippen LogP contribution in [0, 0.1) is 26.6 Å². The molecule has 0 fully saturated rings. The number of nitrogens with one attached hydrogen (secondary N) is 2. The molecule has 3 rings (SSSR count). The molecule has 0 radical (unpaired) electrons. The molecule has 1 heterocycles. The normalized spacial score (nSPS) is 11.4. The third kappa shape index (κ3) is 5.97. The monoisotopic (exact) mass is 451 g/mol. The molecule has 0 unspecified atom stereocenters. The predicted octanol–water partition coefficient (Wildman–Crippen LogP) is 4.42. The zero-order chi connectivity index (χ0) is 24.0. The van der Waals surface area contributed by atoms with Crippen LogP contribution in [0.15, 0.2) is 47.5 Å². The first kappa shape index (κ1) is 24.0. The number of rotatable bonds is 7. The molecule has 33 heavy (non-hydrogen) atoms. The lowest BCUT2D eigenvalue weighted by Crippen LogP contribution is -2.36. The molecule has 0 bridgehead atoms. The van der Waals surface area contributed by atoms with Crippen LogP contribution in [0.4, 0.5) is 10.1 Å². The van der Waals surface area contributed by atoms with E-state index in [4.69, 9.17) is 4.74 Å². The molecule has 174 valence electrons. The number of ether oxygens (including phenoxy) is 1. The Balaban J connectivity index is 1.84. The molecule has 1 amide bonds. The molecular weight excluding hydrogens is 421 g/mol. The minimum Gasteiger partial charge on any atom is -0.495 e. The van der Waals surface area contributed by atoms with Crippen LogP contribution in [0.3, 0.4) is 0 Å². The fraction of sp³-hybridized carbons (Fsp3) is 0.320. The standard InChI is InChI=1S/C25H30FN5O2/c1-6-31-18(4)21(17(3)30-31)13-14-27-25(28-22-15-16(2)7-12-23(22)33-5)29-24(32)19-8-10-20(26)11-9-19/h7-12,15H,6,13-14H2,1-5H3,(H2,27,28,29,32). The number of hydrogen-bond acceptors (Lipinski definition) is 4. The summed E-state index contributed by atoms with van der Waals surface area (Å²) in [5, 5.41) is 10.5. The number of carbonyl (C=O) groups excluding carboxylic acids is 1. The van der Waals surface area contributed by atoms with Gasteiger partial charge in [0.15, 0.2) is 0 Å². The molecule has 0 aliphatic heterocycles. The zero-order valence-electron chi connectivity index (χ0n) is 19.7. The number of halogens is 1. The first-order valence-electron chi connectivity index (χ1n) is 10.9. The summed E-state index contributed by atoms with van der Waals surface area (Å²) >= 11 is 0. The number of carbonyl (C=O) groups is 1. The Labute approximate surface area is 193 Å². The lowest BCUT2D eigenvalue weighted by Gasteiger charge is -2.15. The van der Waals surface area contributed by atoms with E-state index in [9.17, 15) is 9.18 Å². The Morgan fingerprint density at radius 1 is 1.15 bits per heavy atom. The van der Waals surface area contributed by atoms with Crippen LogP contribution in [0.5, 0.6) is 5.75 Å². The molecule has 7 nitrogen and oxygen atoms in total. The molecular formula is C25H30FN5O2. The van der Waals surface area contributed by atoms with Gasteiger partial charge >= 0.3 is 0 Å². The summed E-state index contributed by atoms with van der Waals surface area (Å²) in [5.41, 5.74) is 5.30. The number of nitrogens with zero attached hydrogens (tertiary/aromatic N) is 3. The van der Waals surface area contributed by atoms with Crippen molar-refractivity contribution in [2.45, 2.75) is 40.7 Å². The van der Waals surface area contributed by atoms with Crippen molar-refractivity contribution >= 4 is 17.6 Å². The highest BCUT2D eigenvalue weighted by molar-refractivity contribution is 6.10. The Kier molecular flexibility index (Phi) is 7.82. The number of aliphatic imine (C=N–C) groups is 1. The van der Waals surface area contributed by atoms with Crippen LogP contribution < -0.4 is 15.4 Å². The lowest BCUT2D eigenvalue weighted by atomic mass is 10.1. The maximum atomic E-state index is 13.3. The topological polar surface area (TPSA) is 80.5 Å². The van der Waals surface area contributed by atoms with E-state index < -0.39 is 5.82 Å². The maximum absolute atomic E-state index is 13.3. The number of methoxy groups -OCH3 is 1. The van der Waals surface area contributed by atoms with Gasteiger partial charge in [-0.2, -0.15) is 5.10 Å². The number of aryl methyl sites for hydroxylation is 3. The minimum atomic E-state index is -0.401. The highest BCUT2D eigenvalue weighted by Gasteiger charge is 2.14. The number of anilines is 1. The zero-order valence-corrected chi connectivity index (χ0v) is 19.7. The van der Waals surface area contributed by atoms with E-state index in [1.165, 1.54) is 24.3 Å². The molecule has 8 heteroatoms. The minimum absolute atomic E-state index is 0.284. The van der Waals surface area contributed by atoms with Gasteiger partial charge in [0.05, 0.1) is 18.5 Å². The van der Waals surface area contributed by atoms with Gasteiger partial charge < -0.3 is 10.1 Å². The van der Waals surface area contributed by atoms with Crippen molar-refractivity contribution < 1.29 is 13.9 Å². The molecule has 0 aliphatic carbocycles. The fourth-order valence-corrected chi connectivity index (χ4v) is 3.62. The molecule has 0 atom stereocenters. The van der Waals surface area contributed by atoms with Crippen molar-refractivity contribution in [3.63, 3.8) is 0 Å². The van der Waals surface area contributed by atoms with Gasteiger partial charge in [0.25, 0.3) is 5.91 Å². The molecule has 2 aromatic carbocycles. The number of amides is 1. The maximum Gasteiger partial charge on any atom is 0.257 e. The predicted molar refractivity (Wildman–Crippen MR) is 129 cm³/mol. The molecule has 3 aromatic rings. The van der Waals surface area contributed by atoms with E-state index in [1.54, 1.807) is 7.11 Å². The van der Waals surface area contributed by atoms with Crippen molar-refractivity contribution in [1.82, 2.24) is 15.1 Å². The largest absolute Gasteiger partial charge is 0.495 e. The lowest BCUT2D eigenvalue weighted by molar-refractivity contribution is 0.0977. The van der Waals surface area contributed by atoms with Crippen molar-refractivity contribution in [2.75, 3.05) is 19.0 Å². The fourth-order valence-electron chi connectivity index (χ4n) is 3.62. The quantitative estimate of drug-likeness (QED) is 0.412. The van der Waals surface area contributed by atoms with Gasteiger partial charge in [-0.1, -0.05) is 6.07 Å². The number of hydrogen-bond donors (Lipinski definition) is 2. The summed E-state index contributed by atoms with van der Waals surface area (Å²) in [7, 11) is 1.58. The summed E-state index contributed by atoms with van der Waals surface area (Å²) < 4.78 is 20.7. The molecule has 0 spiro atoms. The molecule has 0 saturated carbocycles. The van der Waals surface area contributed by atoms with E-state index in [1.807, 2.05) is 36.7 Å². The summed E-state index contributed by atoms with van der Waals surface area (Å²) in [6.45, 7) is 9.32. The van der Waals surface area contributed by atoms with Gasteiger partial charge in [-0.3, -0.25) is 19.8 Å². The number of guanidine groups is 1. The average molecular weight is 452 g/mol. The summed E-state index contributed by atoms with van der Waals surface area (Å²) in [5.74, 6) is 0.118. The van der Waals surface area contributed by atoms with Crippen LogP contribution in [0.1, 0.15) is 39.8 Å². The molecule has 2 N–H and O–H groups in total. The highest BCUT2D eigenvalue weighted by atomic mass is 19.1. The second-order valence-electron chi connectivity index (χ2n) is 7.74. The second kappa shape index (κ2) is 10.8. The van der Waals surface area contributed by atoms with E-state index in [-0.39, 0.29) is 11.9 Å². The Morgan fingerprint density at radius 2 is 1.88 bits per heavy atom. The van der Waals surface area contributed by atoms with E-state index >= 15 is 0 Å². The SMILES string of the molecule is CCn1nc(C)c(CCN=C(NC(=O)c2ccc(F)cc2)Nc2cc(C)ccc2OC)c1C. The van der Waals surface area contributed by atoms with Crippen LogP contribution in [0.25, 0.3) is 0 Å². The van der Waals surface area contributed by atoms with Crippen molar-refractivity contribution in [1.29, 1.82) is 0 Å². The third-order valence-corrected chi connectivity index (χ3v) is 5.41. The first-order chi connectivity index (χ1) is 15.8. The Bertz CT molecular complexity index is 1150. The number of benzene rings is 2. The van der Waals surface area contributed by atoms with Crippen molar-refractivity contribution in [2.24, 2.45) is 4.99 Å². The summed E-state index contributed by atoms with van der Waals surface area (Å²) in [6, 6.07) is 11.1. The van der Waals surface area contributed by atoms with Crippen LogP contribution in [-0.4, -0.2) is 35.3 Å². The van der Waals surface area contributed by atoms with Crippen molar-refractivity contribution in [3.8, 4) is 5.75 Å². The van der Waals surface area contributed by atoms with Crippen LogP contribution in [-0.2, 0) is 13.0 Å². The van der Waals surface area contributed by atoms with Crippen LogP contribution in [0.2, 0.25) is 0 Å². The average Bonchev–Trinajstić information content (AvgIpc) is 3.07. The summed E-state index contributed by atoms with van der Waals surface area (Å²) in [6.07, 6.45) is 0.681. The van der Waals surface area contributed by atoms with Gasteiger partial charge in [-0.25, -0.2) is 4.39 Å². The Hall–Kier alpha value is -3.68. The van der Waals surface area contributed by atoms with Crippen molar-refractivity contribution in [3.05, 3.63) is 76.4 Å². The Morgan fingerprint density at radius 3 is 2.52 bits per heavy atom. The third-order valence-electron chi connectivity index (χ3n) is 5.41. The summed E-state index contributed by atoms with van der Waals surface area (Å²) in [4.78, 5) is 17.4. The van der Waals surface area contributed by atoms with Gasteiger partial charge in [0, 0.05) is 24.3 Å². The highest BCUT2D eigenvalue weighted by Crippen LogP contribution is 2.25. The van der Waals surface area contributed by atoms with E-state index in [0.29, 0.717) is 30.0 Å². The smallest absolute Gasteiger partial charge is 0.257 e. The first-order valence-corrected chi connectivity index (χ1v) is 10.9. The molecule has 0 saturated heterocycles. The van der Waals surface area contributed by atoms with Gasteiger partial charge in [-0.05, 0) is 81.6 Å². The second-order valence-corrected chi connectivity index (χ2v) is 7.74. The van der Waals surface area contributed by atoms with E-state index in [0.717, 1.165) is 29.1 Å². The number of aromatic nitrogens is 2. The van der Waals surface area contributed by atoms with Gasteiger partial charge in [0.1, 0.15) is 11.6 Å². The van der Waals surface area contributed by atoms with Gasteiger partial charge in [0.2, 0.25) is 5.96 Å².